The molecule has 0 saturated carbocycles. The summed E-state index contributed by atoms with van der Waals surface area (Å²) >= 11 is 5.85. The average Bonchev–Trinajstić information content (AvgIpc) is 2.41. The van der Waals surface area contributed by atoms with Gasteiger partial charge in [0.05, 0.1) is 5.02 Å². The van der Waals surface area contributed by atoms with Crippen molar-refractivity contribution in [3.05, 3.63) is 52.7 Å². The van der Waals surface area contributed by atoms with Crippen molar-refractivity contribution >= 4 is 29.1 Å². The number of anilines is 2. The van der Waals surface area contributed by atoms with E-state index >= 15 is 0 Å². The molecule has 4 nitrogen and oxygen atoms in total. The Kier molecular flexibility index (Phi) is 4.25. The Bertz CT molecular complexity index is 644. The van der Waals surface area contributed by atoms with Gasteiger partial charge in [-0.25, -0.2) is 9.78 Å². The zero-order valence-corrected chi connectivity index (χ0v) is 12.1. The Hall–Kier alpha value is -2.07. The fourth-order valence-corrected chi connectivity index (χ4v) is 2.19. The fourth-order valence-electron chi connectivity index (χ4n) is 2.00. The van der Waals surface area contributed by atoms with Crippen LogP contribution in [-0.2, 0) is 0 Å². The molecule has 0 atom stereocenters. The number of halogens is 1. The highest BCUT2D eigenvalue weighted by atomic mass is 35.5. The smallest absolute Gasteiger partial charge is 0.356 e. The van der Waals surface area contributed by atoms with Crippen LogP contribution in [0, 0.1) is 6.92 Å². The molecule has 0 aliphatic carbocycles. The predicted molar refractivity (Wildman–Crippen MR) is 80.1 cm³/mol. The van der Waals surface area contributed by atoms with Crippen LogP contribution in [-0.4, -0.2) is 22.6 Å². The summed E-state index contributed by atoms with van der Waals surface area (Å²) in [5.41, 5.74) is 1.97. The maximum absolute atomic E-state index is 11.1. The molecule has 0 bridgehead atoms. The van der Waals surface area contributed by atoms with E-state index in [2.05, 4.69) is 4.98 Å². The number of carboxylic acids is 1. The quantitative estimate of drug-likeness (QED) is 0.928. The maximum Gasteiger partial charge on any atom is 0.356 e. The molecule has 1 aromatic heterocycles. The number of hydrogen-bond donors (Lipinski definition) is 1. The van der Waals surface area contributed by atoms with Gasteiger partial charge in [0.2, 0.25) is 0 Å². The van der Waals surface area contributed by atoms with E-state index in [1.807, 2.05) is 43.0 Å². The van der Waals surface area contributed by atoms with Crippen LogP contribution in [0.5, 0.6) is 0 Å². The first-order valence-corrected chi connectivity index (χ1v) is 6.64. The lowest BCUT2D eigenvalue weighted by molar-refractivity contribution is 0.0691. The highest BCUT2D eigenvalue weighted by molar-refractivity contribution is 6.33. The monoisotopic (exact) mass is 290 g/mol. The van der Waals surface area contributed by atoms with Gasteiger partial charge in [0.15, 0.2) is 5.69 Å². The zero-order chi connectivity index (χ0) is 14.7. The van der Waals surface area contributed by atoms with E-state index in [0.717, 1.165) is 11.3 Å². The number of carboxylic acid groups (broad SMARTS) is 1. The summed E-state index contributed by atoms with van der Waals surface area (Å²) in [5.74, 6) is -0.558. The first kappa shape index (κ1) is 14.3. The van der Waals surface area contributed by atoms with E-state index in [1.165, 1.54) is 0 Å². The van der Waals surface area contributed by atoms with Gasteiger partial charge in [-0.15, -0.1) is 0 Å². The lowest BCUT2D eigenvalue weighted by atomic mass is 10.2. The second-order valence-corrected chi connectivity index (χ2v) is 4.80. The number of aryl methyl sites for hydroxylation is 1. The van der Waals surface area contributed by atoms with Crippen molar-refractivity contribution in [1.29, 1.82) is 0 Å². The molecule has 1 aromatic carbocycles. The Morgan fingerprint density at radius 2 is 2.10 bits per heavy atom. The standard InChI is InChI=1S/C15H15ClN2O2/c1-3-18(11-6-4-5-10(2)9-11)13-8-7-12(16)14(17-13)15(19)20/h4-9H,3H2,1-2H3,(H,19,20). The maximum atomic E-state index is 11.1. The number of aromatic carboxylic acids is 1. The SMILES string of the molecule is CCN(c1cccc(C)c1)c1ccc(Cl)c(C(=O)O)n1. The molecule has 1 heterocycles. The minimum atomic E-state index is -1.13. The van der Waals surface area contributed by atoms with Crippen molar-refractivity contribution < 1.29 is 9.90 Å². The summed E-state index contributed by atoms with van der Waals surface area (Å²) in [6.07, 6.45) is 0. The van der Waals surface area contributed by atoms with E-state index in [1.54, 1.807) is 12.1 Å². The molecule has 0 radical (unpaired) electrons. The Labute approximate surface area is 122 Å². The molecule has 1 N–H and O–H groups in total. The Morgan fingerprint density at radius 1 is 1.35 bits per heavy atom. The summed E-state index contributed by atoms with van der Waals surface area (Å²) in [4.78, 5) is 17.2. The Morgan fingerprint density at radius 3 is 2.70 bits per heavy atom. The zero-order valence-electron chi connectivity index (χ0n) is 11.3. The molecule has 0 saturated heterocycles. The van der Waals surface area contributed by atoms with E-state index in [9.17, 15) is 4.79 Å². The number of hydrogen-bond acceptors (Lipinski definition) is 3. The highest BCUT2D eigenvalue weighted by Crippen LogP contribution is 2.26. The highest BCUT2D eigenvalue weighted by Gasteiger charge is 2.15. The summed E-state index contributed by atoms with van der Waals surface area (Å²) in [5, 5.41) is 9.23. The van der Waals surface area contributed by atoms with Crippen molar-refractivity contribution in [3.63, 3.8) is 0 Å². The number of aromatic nitrogens is 1. The van der Waals surface area contributed by atoms with Crippen molar-refractivity contribution in [1.82, 2.24) is 4.98 Å². The molecular weight excluding hydrogens is 276 g/mol. The van der Waals surface area contributed by atoms with Crippen molar-refractivity contribution in [2.45, 2.75) is 13.8 Å². The lowest BCUT2D eigenvalue weighted by Crippen LogP contribution is -2.18. The molecule has 0 amide bonds. The van der Waals surface area contributed by atoms with Crippen molar-refractivity contribution in [3.8, 4) is 0 Å². The molecule has 0 unspecified atom stereocenters. The van der Waals surface area contributed by atoms with Gasteiger partial charge >= 0.3 is 5.97 Å². The summed E-state index contributed by atoms with van der Waals surface area (Å²) < 4.78 is 0. The molecule has 2 rings (SSSR count). The van der Waals surface area contributed by atoms with E-state index in [4.69, 9.17) is 16.7 Å². The van der Waals surface area contributed by atoms with E-state index < -0.39 is 5.97 Å². The van der Waals surface area contributed by atoms with Crippen LogP contribution in [0.3, 0.4) is 0 Å². The van der Waals surface area contributed by atoms with Gasteiger partial charge < -0.3 is 10.0 Å². The molecule has 0 aliphatic heterocycles. The first-order valence-electron chi connectivity index (χ1n) is 6.27. The van der Waals surface area contributed by atoms with Crippen LogP contribution in [0.1, 0.15) is 23.0 Å². The van der Waals surface area contributed by atoms with Crippen LogP contribution in [0.15, 0.2) is 36.4 Å². The Balaban J connectivity index is 2.47. The third-order valence-corrected chi connectivity index (χ3v) is 3.24. The molecule has 104 valence electrons. The lowest BCUT2D eigenvalue weighted by Gasteiger charge is -2.23. The van der Waals surface area contributed by atoms with Gasteiger partial charge in [-0.05, 0) is 43.7 Å². The van der Waals surface area contributed by atoms with Crippen LogP contribution in [0.25, 0.3) is 0 Å². The van der Waals surface area contributed by atoms with Gasteiger partial charge in [-0.3, -0.25) is 0 Å². The molecule has 0 spiro atoms. The number of carbonyl (C=O) groups is 1. The number of benzene rings is 1. The van der Waals surface area contributed by atoms with Crippen LogP contribution < -0.4 is 4.90 Å². The molecule has 0 aliphatic rings. The third-order valence-electron chi connectivity index (χ3n) is 2.94. The summed E-state index contributed by atoms with van der Waals surface area (Å²) in [7, 11) is 0. The molecule has 5 heteroatoms. The van der Waals surface area contributed by atoms with E-state index in [0.29, 0.717) is 12.4 Å². The van der Waals surface area contributed by atoms with Crippen molar-refractivity contribution in [2.24, 2.45) is 0 Å². The second kappa shape index (κ2) is 5.92. The first-order chi connectivity index (χ1) is 9.52. The van der Waals surface area contributed by atoms with Crippen LogP contribution in [0.4, 0.5) is 11.5 Å². The minimum Gasteiger partial charge on any atom is -0.476 e. The molecule has 0 fully saturated rings. The average molecular weight is 291 g/mol. The topological polar surface area (TPSA) is 53.4 Å². The molecule has 20 heavy (non-hydrogen) atoms. The largest absolute Gasteiger partial charge is 0.476 e. The summed E-state index contributed by atoms with van der Waals surface area (Å²) in [6.45, 7) is 4.67. The molecular formula is C15H15ClN2O2. The van der Waals surface area contributed by atoms with Crippen molar-refractivity contribution in [2.75, 3.05) is 11.4 Å². The number of nitrogens with zero attached hydrogens (tertiary/aromatic N) is 2. The number of pyridine rings is 1. The van der Waals surface area contributed by atoms with Gasteiger partial charge in [-0.2, -0.15) is 0 Å². The van der Waals surface area contributed by atoms with Gasteiger partial charge in [0.1, 0.15) is 5.82 Å². The van der Waals surface area contributed by atoms with Gasteiger partial charge in [0.25, 0.3) is 0 Å². The van der Waals surface area contributed by atoms with Crippen LogP contribution in [0.2, 0.25) is 5.02 Å². The minimum absolute atomic E-state index is 0.129. The third kappa shape index (κ3) is 2.91. The van der Waals surface area contributed by atoms with Crippen LogP contribution >= 0.6 is 11.6 Å². The summed E-state index contributed by atoms with van der Waals surface area (Å²) in [6, 6.07) is 11.2. The number of rotatable bonds is 4. The van der Waals surface area contributed by atoms with Gasteiger partial charge in [0, 0.05) is 12.2 Å². The van der Waals surface area contributed by atoms with Gasteiger partial charge in [-0.1, -0.05) is 23.7 Å². The fraction of sp³-hybridized carbons (Fsp3) is 0.200. The second-order valence-electron chi connectivity index (χ2n) is 4.39. The molecule has 2 aromatic rings. The van der Waals surface area contributed by atoms with E-state index in [-0.39, 0.29) is 10.7 Å². The predicted octanol–water partition coefficient (Wildman–Crippen LogP) is 3.90. The normalized spacial score (nSPS) is 10.3.